The predicted octanol–water partition coefficient (Wildman–Crippen LogP) is 3.44. The highest BCUT2D eigenvalue weighted by atomic mass is 35.5. The number of rotatable bonds is 3. The monoisotopic (exact) mass is 234 g/mol. The number of aromatic nitrogens is 2. The van der Waals surface area contributed by atoms with Crippen LogP contribution in [0.2, 0.25) is 0 Å². The summed E-state index contributed by atoms with van der Waals surface area (Å²) in [7, 11) is 0. The van der Waals surface area contributed by atoms with E-state index in [0.717, 1.165) is 22.9 Å². The summed E-state index contributed by atoms with van der Waals surface area (Å²) in [6.07, 6.45) is 2.56. The van der Waals surface area contributed by atoms with E-state index in [9.17, 15) is 0 Å². The fraction of sp³-hybridized carbons (Fsp3) is 0.385. The summed E-state index contributed by atoms with van der Waals surface area (Å²) in [6, 6.07) is 8.15. The lowest BCUT2D eigenvalue weighted by Crippen LogP contribution is -2.12. The molecule has 0 aliphatic heterocycles. The third-order valence-electron chi connectivity index (χ3n) is 2.76. The molecule has 0 aliphatic carbocycles. The molecule has 0 N–H and O–H groups in total. The van der Waals surface area contributed by atoms with Gasteiger partial charge in [-0.15, -0.1) is 11.6 Å². The Labute approximate surface area is 101 Å². The van der Waals surface area contributed by atoms with E-state index in [1.165, 1.54) is 0 Å². The Bertz CT molecular complexity index is 477. The Hall–Kier alpha value is -1.15. The molecule has 0 fully saturated rings. The Morgan fingerprint density at radius 3 is 2.75 bits per heavy atom. The van der Waals surface area contributed by atoms with Crippen molar-refractivity contribution in [3.63, 3.8) is 0 Å². The molecule has 84 valence electrons. The van der Waals surface area contributed by atoms with Gasteiger partial charge in [-0.1, -0.05) is 38.1 Å². The molecule has 0 amide bonds. The molecular weight excluding hydrogens is 220 g/mol. The van der Waals surface area contributed by atoms with E-state index in [0.29, 0.717) is 5.92 Å². The van der Waals surface area contributed by atoms with Crippen LogP contribution < -0.4 is 0 Å². The lowest BCUT2D eigenvalue weighted by molar-refractivity contribution is 0.590. The Morgan fingerprint density at radius 2 is 2.00 bits per heavy atom. The van der Waals surface area contributed by atoms with Crippen LogP contribution in [0, 0.1) is 5.92 Å². The third kappa shape index (κ3) is 2.33. The van der Waals surface area contributed by atoms with Gasteiger partial charge in [0.15, 0.2) is 0 Å². The van der Waals surface area contributed by atoms with E-state index in [1.54, 1.807) is 6.20 Å². The van der Waals surface area contributed by atoms with Crippen molar-refractivity contribution in [2.75, 3.05) is 0 Å². The first-order valence-corrected chi connectivity index (χ1v) is 5.95. The van der Waals surface area contributed by atoms with Crippen LogP contribution in [0.4, 0.5) is 0 Å². The van der Waals surface area contributed by atoms with E-state index in [-0.39, 0.29) is 5.38 Å². The van der Waals surface area contributed by atoms with Gasteiger partial charge < -0.3 is 0 Å². The fourth-order valence-electron chi connectivity index (χ4n) is 1.66. The van der Waals surface area contributed by atoms with Gasteiger partial charge in [0.05, 0.1) is 11.9 Å². The molecule has 16 heavy (non-hydrogen) atoms. The molecule has 2 nitrogen and oxygen atoms in total. The summed E-state index contributed by atoms with van der Waals surface area (Å²) in [5.74, 6) is 0.447. The van der Waals surface area contributed by atoms with Gasteiger partial charge in [-0.25, -0.2) is 0 Å². The molecule has 0 radical (unpaired) electrons. The average Bonchev–Trinajstić information content (AvgIpc) is 2.29. The van der Waals surface area contributed by atoms with Crippen molar-refractivity contribution in [3.8, 4) is 0 Å². The van der Waals surface area contributed by atoms with Crippen LogP contribution >= 0.6 is 11.6 Å². The van der Waals surface area contributed by atoms with E-state index < -0.39 is 0 Å². The zero-order valence-corrected chi connectivity index (χ0v) is 10.3. The molecule has 1 unspecified atom stereocenters. The first kappa shape index (κ1) is 11.3. The standard InChI is InChI=1S/C13H15ClN2/c1-9(2)12(14)7-13-11-6-4-3-5-10(11)8-15-16-13/h3-6,8-9,12H,7H2,1-2H3. The second kappa shape index (κ2) is 4.79. The Morgan fingerprint density at radius 1 is 1.25 bits per heavy atom. The number of nitrogens with zero attached hydrogens (tertiary/aromatic N) is 2. The molecule has 1 aromatic carbocycles. The number of fused-ring (bicyclic) bond motifs is 1. The largest absolute Gasteiger partial charge is 0.158 e. The maximum atomic E-state index is 6.28. The number of hydrogen-bond acceptors (Lipinski definition) is 2. The van der Waals surface area contributed by atoms with Gasteiger partial charge >= 0.3 is 0 Å². The first-order valence-electron chi connectivity index (χ1n) is 5.52. The van der Waals surface area contributed by atoms with Gasteiger partial charge in [0.1, 0.15) is 0 Å². The molecule has 1 atom stereocenters. The van der Waals surface area contributed by atoms with E-state index in [4.69, 9.17) is 11.6 Å². The van der Waals surface area contributed by atoms with Crippen LogP contribution in [0.1, 0.15) is 19.5 Å². The van der Waals surface area contributed by atoms with Crippen molar-refractivity contribution in [2.24, 2.45) is 5.92 Å². The maximum Gasteiger partial charge on any atom is 0.0724 e. The van der Waals surface area contributed by atoms with E-state index in [1.807, 2.05) is 18.2 Å². The van der Waals surface area contributed by atoms with Crippen LogP contribution in [-0.2, 0) is 6.42 Å². The lowest BCUT2D eigenvalue weighted by atomic mass is 10.0. The predicted molar refractivity (Wildman–Crippen MR) is 67.7 cm³/mol. The molecule has 0 spiro atoms. The topological polar surface area (TPSA) is 25.8 Å². The number of benzene rings is 1. The Balaban J connectivity index is 2.37. The number of halogens is 1. The highest BCUT2D eigenvalue weighted by molar-refractivity contribution is 6.21. The van der Waals surface area contributed by atoms with Crippen molar-refractivity contribution < 1.29 is 0 Å². The van der Waals surface area contributed by atoms with Crippen molar-refractivity contribution in [2.45, 2.75) is 25.6 Å². The van der Waals surface area contributed by atoms with Gasteiger partial charge in [0.25, 0.3) is 0 Å². The van der Waals surface area contributed by atoms with Crippen LogP contribution in [0.15, 0.2) is 30.5 Å². The van der Waals surface area contributed by atoms with Crippen LogP contribution in [-0.4, -0.2) is 15.6 Å². The molecule has 1 aromatic heterocycles. The van der Waals surface area contributed by atoms with Crippen molar-refractivity contribution in [1.29, 1.82) is 0 Å². The summed E-state index contributed by atoms with van der Waals surface area (Å²) >= 11 is 6.28. The van der Waals surface area contributed by atoms with E-state index >= 15 is 0 Å². The second-order valence-corrected chi connectivity index (χ2v) is 4.90. The van der Waals surface area contributed by atoms with Crippen LogP contribution in [0.25, 0.3) is 10.8 Å². The minimum absolute atomic E-state index is 0.111. The summed E-state index contributed by atoms with van der Waals surface area (Å²) in [5, 5.41) is 10.6. The van der Waals surface area contributed by atoms with Crippen molar-refractivity contribution in [3.05, 3.63) is 36.2 Å². The molecule has 2 rings (SSSR count). The minimum atomic E-state index is 0.111. The molecule has 1 heterocycles. The summed E-state index contributed by atoms with van der Waals surface area (Å²) in [4.78, 5) is 0. The van der Waals surface area contributed by atoms with Gasteiger partial charge in [-0.05, 0) is 5.92 Å². The SMILES string of the molecule is CC(C)C(Cl)Cc1nncc2ccccc12. The molecule has 0 saturated carbocycles. The summed E-state index contributed by atoms with van der Waals surface area (Å²) in [5.41, 5.74) is 0.992. The smallest absolute Gasteiger partial charge is 0.0724 e. The zero-order chi connectivity index (χ0) is 11.5. The molecular formula is C13H15ClN2. The van der Waals surface area contributed by atoms with E-state index in [2.05, 4.69) is 30.1 Å². The Kier molecular flexibility index (Phi) is 3.39. The quantitative estimate of drug-likeness (QED) is 0.761. The lowest BCUT2D eigenvalue weighted by Gasteiger charge is -2.13. The van der Waals surface area contributed by atoms with Gasteiger partial charge in [0.2, 0.25) is 0 Å². The molecule has 0 aliphatic rings. The normalized spacial score (nSPS) is 13.2. The molecule has 3 heteroatoms. The summed E-state index contributed by atoms with van der Waals surface area (Å²) < 4.78 is 0. The average molecular weight is 235 g/mol. The summed E-state index contributed by atoms with van der Waals surface area (Å²) in [6.45, 7) is 4.24. The van der Waals surface area contributed by atoms with Gasteiger partial charge in [0, 0.05) is 22.6 Å². The molecule has 2 aromatic rings. The van der Waals surface area contributed by atoms with Crippen molar-refractivity contribution in [1.82, 2.24) is 10.2 Å². The number of alkyl halides is 1. The van der Waals surface area contributed by atoms with Crippen LogP contribution in [0.3, 0.4) is 0 Å². The zero-order valence-electron chi connectivity index (χ0n) is 9.52. The van der Waals surface area contributed by atoms with Gasteiger partial charge in [-0.3, -0.25) is 0 Å². The maximum absolute atomic E-state index is 6.28. The van der Waals surface area contributed by atoms with Gasteiger partial charge in [-0.2, -0.15) is 10.2 Å². The minimum Gasteiger partial charge on any atom is -0.158 e. The number of hydrogen-bond donors (Lipinski definition) is 0. The fourth-order valence-corrected chi connectivity index (χ4v) is 1.80. The van der Waals surface area contributed by atoms with Crippen molar-refractivity contribution >= 4 is 22.4 Å². The molecule has 0 bridgehead atoms. The highest BCUT2D eigenvalue weighted by Gasteiger charge is 2.13. The highest BCUT2D eigenvalue weighted by Crippen LogP contribution is 2.20. The van der Waals surface area contributed by atoms with Crippen LogP contribution in [0.5, 0.6) is 0 Å². The first-order chi connectivity index (χ1) is 7.68. The molecule has 0 saturated heterocycles. The third-order valence-corrected chi connectivity index (χ3v) is 3.42. The second-order valence-electron chi connectivity index (χ2n) is 4.34.